The van der Waals surface area contributed by atoms with E-state index in [-0.39, 0.29) is 24.2 Å². The van der Waals surface area contributed by atoms with Gasteiger partial charge in [-0.15, -0.1) is 0 Å². The number of rotatable bonds is 2. The Morgan fingerprint density at radius 3 is 3.00 bits per heavy atom. The van der Waals surface area contributed by atoms with Gasteiger partial charge < -0.3 is 10.4 Å². The Kier molecular flexibility index (Phi) is 4.49. The van der Waals surface area contributed by atoms with Crippen molar-refractivity contribution in [3.05, 3.63) is 29.6 Å². The molecule has 1 rings (SSSR count). The molecule has 2 N–H and O–H groups in total. The zero-order chi connectivity index (χ0) is 12.0. The lowest BCUT2D eigenvalue weighted by molar-refractivity contribution is 0.0938. The van der Waals surface area contributed by atoms with Gasteiger partial charge in [0.05, 0.1) is 5.56 Å². The molecule has 0 saturated heterocycles. The first-order valence-corrected chi connectivity index (χ1v) is 5.00. The molecule has 0 atom stereocenters. The highest BCUT2D eigenvalue weighted by molar-refractivity contribution is 5.94. The second kappa shape index (κ2) is 5.89. The number of hydrogen-bond acceptors (Lipinski definition) is 3. The van der Waals surface area contributed by atoms with Crippen molar-refractivity contribution >= 4 is 5.91 Å². The lowest BCUT2D eigenvalue weighted by atomic mass is 10.2. The highest BCUT2D eigenvalue weighted by atomic mass is 16.2. The Bertz CT molecular complexity index is 430. The zero-order valence-corrected chi connectivity index (χ0v) is 9.32. The van der Waals surface area contributed by atoms with E-state index in [0.29, 0.717) is 5.56 Å². The van der Waals surface area contributed by atoms with Gasteiger partial charge in [0.1, 0.15) is 12.3 Å². The summed E-state index contributed by atoms with van der Waals surface area (Å²) in [4.78, 5) is 15.7. The van der Waals surface area contributed by atoms with Gasteiger partial charge >= 0.3 is 0 Å². The third-order valence-corrected chi connectivity index (χ3v) is 1.74. The van der Waals surface area contributed by atoms with Crippen molar-refractivity contribution in [2.75, 3.05) is 6.61 Å². The smallest absolute Gasteiger partial charge is 0.271 e. The molecule has 0 aliphatic heterocycles. The second-order valence-electron chi connectivity index (χ2n) is 3.49. The molecule has 0 radical (unpaired) electrons. The van der Waals surface area contributed by atoms with Crippen LogP contribution in [0.15, 0.2) is 18.3 Å². The van der Waals surface area contributed by atoms with Crippen LogP contribution in [-0.2, 0) is 0 Å². The van der Waals surface area contributed by atoms with Crippen LogP contribution < -0.4 is 5.32 Å². The number of pyridine rings is 1. The van der Waals surface area contributed by atoms with Crippen LogP contribution in [0.5, 0.6) is 0 Å². The normalized spacial score (nSPS) is 9.50. The van der Waals surface area contributed by atoms with E-state index < -0.39 is 0 Å². The first kappa shape index (κ1) is 12.2. The number of aliphatic hydroxyl groups excluding tert-OH is 1. The van der Waals surface area contributed by atoms with Gasteiger partial charge in [-0.1, -0.05) is 11.8 Å². The molecule has 1 aromatic rings. The fourth-order valence-electron chi connectivity index (χ4n) is 1.15. The van der Waals surface area contributed by atoms with Crippen LogP contribution in [0.3, 0.4) is 0 Å². The fourth-order valence-corrected chi connectivity index (χ4v) is 1.15. The van der Waals surface area contributed by atoms with E-state index in [1.54, 1.807) is 18.3 Å². The summed E-state index contributed by atoms with van der Waals surface area (Å²) in [7, 11) is 0. The average Bonchev–Trinajstić information content (AvgIpc) is 2.25. The summed E-state index contributed by atoms with van der Waals surface area (Å²) < 4.78 is 0. The van der Waals surface area contributed by atoms with Crippen LogP contribution in [0, 0.1) is 11.8 Å². The van der Waals surface area contributed by atoms with Crippen molar-refractivity contribution in [2.24, 2.45) is 0 Å². The number of nitrogens with one attached hydrogen (secondary N) is 1. The maximum Gasteiger partial charge on any atom is 0.271 e. The van der Waals surface area contributed by atoms with E-state index >= 15 is 0 Å². The molecule has 0 aliphatic rings. The maximum atomic E-state index is 11.7. The molecule has 0 spiro atoms. The largest absolute Gasteiger partial charge is 0.384 e. The Balaban J connectivity index is 2.98. The summed E-state index contributed by atoms with van der Waals surface area (Å²) in [5, 5.41) is 11.4. The molecule has 4 heteroatoms. The van der Waals surface area contributed by atoms with Gasteiger partial charge in [-0.05, 0) is 26.0 Å². The zero-order valence-electron chi connectivity index (χ0n) is 9.32. The van der Waals surface area contributed by atoms with Gasteiger partial charge in [-0.3, -0.25) is 4.79 Å². The summed E-state index contributed by atoms with van der Waals surface area (Å²) in [6.07, 6.45) is 1.54. The van der Waals surface area contributed by atoms with Gasteiger partial charge in [0.2, 0.25) is 0 Å². The molecule has 0 fully saturated rings. The van der Waals surface area contributed by atoms with E-state index in [4.69, 9.17) is 5.11 Å². The molecule has 0 bridgehead atoms. The SMILES string of the molecule is CC(C)NC(=O)c1ncccc1C#CCO. The highest BCUT2D eigenvalue weighted by Gasteiger charge is 2.11. The van der Waals surface area contributed by atoms with Crippen molar-refractivity contribution in [1.82, 2.24) is 10.3 Å². The van der Waals surface area contributed by atoms with Crippen LogP contribution in [0.2, 0.25) is 0 Å². The van der Waals surface area contributed by atoms with Gasteiger partial charge in [0.15, 0.2) is 0 Å². The van der Waals surface area contributed by atoms with Crippen LogP contribution >= 0.6 is 0 Å². The van der Waals surface area contributed by atoms with Crippen molar-refractivity contribution in [3.8, 4) is 11.8 Å². The minimum Gasteiger partial charge on any atom is -0.384 e. The molecule has 1 amide bonds. The molecule has 4 nitrogen and oxygen atoms in total. The topological polar surface area (TPSA) is 62.2 Å². The summed E-state index contributed by atoms with van der Waals surface area (Å²) in [6.45, 7) is 3.51. The number of amides is 1. The van der Waals surface area contributed by atoms with E-state index in [1.807, 2.05) is 13.8 Å². The van der Waals surface area contributed by atoms with Crippen molar-refractivity contribution in [2.45, 2.75) is 19.9 Å². The summed E-state index contributed by atoms with van der Waals surface area (Å²) in [5.74, 6) is 4.94. The van der Waals surface area contributed by atoms with Crippen molar-refractivity contribution < 1.29 is 9.90 Å². The number of carbonyl (C=O) groups excluding carboxylic acids is 1. The Hall–Kier alpha value is -1.86. The molecule has 84 valence electrons. The second-order valence-corrected chi connectivity index (χ2v) is 3.49. The lowest BCUT2D eigenvalue weighted by Gasteiger charge is -2.08. The first-order valence-electron chi connectivity index (χ1n) is 5.00. The van der Waals surface area contributed by atoms with E-state index in [1.165, 1.54) is 0 Å². The first-order chi connectivity index (χ1) is 7.65. The monoisotopic (exact) mass is 218 g/mol. The summed E-state index contributed by atoms with van der Waals surface area (Å²) in [5.41, 5.74) is 0.812. The minimum absolute atomic E-state index is 0.0492. The molecule has 1 heterocycles. The van der Waals surface area contributed by atoms with E-state index in [2.05, 4.69) is 22.1 Å². The predicted molar refractivity (Wildman–Crippen MR) is 60.8 cm³/mol. The molecule has 0 saturated carbocycles. The Morgan fingerprint density at radius 2 is 2.38 bits per heavy atom. The number of aliphatic hydroxyl groups is 1. The quantitative estimate of drug-likeness (QED) is 0.713. The van der Waals surface area contributed by atoms with Gasteiger partial charge in [0.25, 0.3) is 5.91 Å². The Morgan fingerprint density at radius 1 is 1.62 bits per heavy atom. The maximum absolute atomic E-state index is 11.7. The number of nitrogens with zero attached hydrogens (tertiary/aromatic N) is 1. The van der Waals surface area contributed by atoms with Gasteiger partial charge in [0, 0.05) is 12.2 Å². The highest BCUT2D eigenvalue weighted by Crippen LogP contribution is 2.03. The number of carbonyl (C=O) groups is 1. The molecule has 0 aliphatic carbocycles. The predicted octanol–water partition coefficient (Wildman–Crippen LogP) is 0.564. The third kappa shape index (κ3) is 3.37. The molecule has 1 aromatic heterocycles. The van der Waals surface area contributed by atoms with Crippen LogP contribution in [-0.4, -0.2) is 28.6 Å². The summed E-state index contributed by atoms with van der Waals surface area (Å²) >= 11 is 0. The number of hydrogen-bond donors (Lipinski definition) is 2. The van der Waals surface area contributed by atoms with Crippen molar-refractivity contribution in [1.29, 1.82) is 0 Å². The minimum atomic E-state index is -0.252. The molecule has 0 aromatic carbocycles. The fraction of sp³-hybridized carbons (Fsp3) is 0.333. The standard InChI is InChI=1S/C12H14N2O2/c1-9(2)14-12(16)11-10(6-4-8-15)5-3-7-13-11/h3,5,7,9,15H,8H2,1-2H3,(H,14,16). The number of aromatic nitrogens is 1. The average molecular weight is 218 g/mol. The molecule has 16 heavy (non-hydrogen) atoms. The van der Waals surface area contributed by atoms with Gasteiger partial charge in [-0.2, -0.15) is 0 Å². The molecular formula is C12H14N2O2. The van der Waals surface area contributed by atoms with Crippen LogP contribution in [0.4, 0.5) is 0 Å². The summed E-state index contributed by atoms with van der Waals surface area (Å²) in [6, 6.07) is 3.45. The Labute approximate surface area is 94.7 Å². The van der Waals surface area contributed by atoms with Gasteiger partial charge in [-0.25, -0.2) is 4.98 Å². The molecule has 0 unspecified atom stereocenters. The molecular weight excluding hydrogens is 204 g/mol. The van der Waals surface area contributed by atoms with Crippen LogP contribution in [0.1, 0.15) is 29.9 Å². The van der Waals surface area contributed by atoms with Crippen molar-refractivity contribution in [3.63, 3.8) is 0 Å². The lowest BCUT2D eigenvalue weighted by Crippen LogP contribution is -2.31. The van der Waals surface area contributed by atoms with Crippen LogP contribution in [0.25, 0.3) is 0 Å². The van der Waals surface area contributed by atoms with E-state index in [9.17, 15) is 4.79 Å². The third-order valence-electron chi connectivity index (χ3n) is 1.74. The van der Waals surface area contributed by atoms with E-state index in [0.717, 1.165) is 0 Å².